The van der Waals surface area contributed by atoms with E-state index < -0.39 is 22.0 Å². The van der Waals surface area contributed by atoms with Crippen molar-refractivity contribution in [2.75, 3.05) is 0 Å². The fraction of sp³-hybridized carbons (Fsp3) is 0.143. The molecule has 14 heavy (non-hydrogen) atoms. The summed E-state index contributed by atoms with van der Waals surface area (Å²) in [4.78, 5) is 35.4. The minimum absolute atomic E-state index is 0.636. The Morgan fingerprint density at radius 1 is 1.64 bits per heavy atom. The summed E-state index contributed by atoms with van der Waals surface area (Å²) in [5.41, 5.74) is -1.38. The van der Waals surface area contributed by atoms with Gasteiger partial charge in [-0.15, -0.1) is 0 Å². The third kappa shape index (κ3) is 2.16. The van der Waals surface area contributed by atoms with Crippen molar-refractivity contribution < 1.29 is 14.6 Å². The molecular weight excluding hydrogens is 192 g/mol. The second-order valence-corrected chi connectivity index (χ2v) is 2.39. The van der Waals surface area contributed by atoms with Crippen LogP contribution in [0, 0.1) is 10.1 Å². The zero-order valence-electron chi connectivity index (χ0n) is 7.17. The van der Waals surface area contributed by atoms with Crippen LogP contribution in [0.5, 0.6) is 0 Å². The molecule has 7 nitrogen and oxygen atoms in total. The molecule has 0 aromatic carbocycles. The Hall–Kier alpha value is -2.18. The van der Waals surface area contributed by atoms with Crippen LogP contribution in [0.25, 0.3) is 0 Å². The van der Waals surface area contributed by atoms with Gasteiger partial charge < -0.3 is 4.84 Å². The van der Waals surface area contributed by atoms with Crippen molar-refractivity contribution in [3.8, 4) is 0 Å². The third-order valence-electron chi connectivity index (χ3n) is 1.31. The van der Waals surface area contributed by atoms with E-state index in [1.807, 2.05) is 0 Å². The Bertz CT molecular complexity index is 436. The number of rotatable bonds is 2. The third-order valence-corrected chi connectivity index (χ3v) is 1.31. The molecule has 0 radical (unpaired) electrons. The molecule has 1 heterocycles. The molecule has 1 rings (SSSR count). The van der Waals surface area contributed by atoms with Crippen molar-refractivity contribution in [3.05, 3.63) is 38.8 Å². The molecule has 1 aromatic rings. The van der Waals surface area contributed by atoms with Crippen molar-refractivity contribution in [1.29, 1.82) is 0 Å². The van der Waals surface area contributed by atoms with Crippen LogP contribution in [0.3, 0.4) is 0 Å². The van der Waals surface area contributed by atoms with Gasteiger partial charge in [0.1, 0.15) is 6.20 Å². The number of carbonyl (C=O) groups excluding carboxylic acids is 1. The Labute approximate surface area is 77.6 Å². The molecule has 0 saturated heterocycles. The second kappa shape index (κ2) is 3.69. The molecule has 7 heteroatoms. The molecular formula is C7H6N2O5. The lowest BCUT2D eigenvalue weighted by atomic mass is 10.4. The summed E-state index contributed by atoms with van der Waals surface area (Å²) in [7, 11) is 0. The Balaban J connectivity index is 3.13. The SMILES string of the molecule is CC(=O)On1ccc(=O)c([N+](=O)[O-])c1. The zero-order valence-corrected chi connectivity index (χ0v) is 7.17. The van der Waals surface area contributed by atoms with Crippen molar-refractivity contribution in [3.63, 3.8) is 0 Å². The number of carbonyl (C=O) groups is 1. The van der Waals surface area contributed by atoms with Gasteiger partial charge in [0, 0.05) is 19.2 Å². The maximum atomic E-state index is 10.9. The molecule has 0 aliphatic carbocycles. The Kier molecular flexibility index (Phi) is 2.61. The molecule has 0 unspecified atom stereocenters. The van der Waals surface area contributed by atoms with Gasteiger partial charge in [0.25, 0.3) is 5.43 Å². The smallest absolute Gasteiger partial charge is 0.335 e. The van der Waals surface area contributed by atoms with Crippen LogP contribution < -0.4 is 10.3 Å². The number of nitro groups is 1. The average Bonchev–Trinajstić information content (AvgIpc) is 2.07. The number of hydrogen-bond donors (Lipinski definition) is 0. The van der Waals surface area contributed by atoms with E-state index in [0.29, 0.717) is 0 Å². The summed E-state index contributed by atoms with van der Waals surface area (Å²) in [6.07, 6.45) is 1.96. The largest absolute Gasteiger partial charge is 0.337 e. The van der Waals surface area contributed by atoms with Gasteiger partial charge in [0.2, 0.25) is 0 Å². The van der Waals surface area contributed by atoms with E-state index in [-0.39, 0.29) is 0 Å². The van der Waals surface area contributed by atoms with Crippen molar-refractivity contribution in [1.82, 2.24) is 4.73 Å². The van der Waals surface area contributed by atoms with Gasteiger partial charge in [-0.3, -0.25) is 14.9 Å². The summed E-state index contributed by atoms with van der Waals surface area (Å²) in [6, 6.07) is 0.946. The van der Waals surface area contributed by atoms with Gasteiger partial charge >= 0.3 is 11.7 Å². The average molecular weight is 198 g/mol. The van der Waals surface area contributed by atoms with Crippen LogP contribution in [0.1, 0.15) is 6.92 Å². The van der Waals surface area contributed by atoms with Gasteiger partial charge in [-0.2, -0.15) is 4.73 Å². The first kappa shape index (κ1) is 9.90. The number of pyridine rings is 1. The van der Waals surface area contributed by atoms with E-state index in [4.69, 9.17) is 0 Å². The van der Waals surface area contributed by atoms with E-state index in [1.165, 1.54) is 0 Å². The first-order chi connectivity index (χ1) is 6.50. The molecule has 0 spiro atoms. The van der Waals surface area contributed by atoms with Crippen molar-refractivity contribution in [2.45, 2.75) is 6.92 Å². The minimum atomic E-state index is -0.845. The number of nitrogens with zero attached hydrogens (tertiary/aromatic N) is 2. The minimum Gasteiger partial charge on any atom is -0.337 e. The summed E-state index contributed by atoms with van der Waals surface area (Å²) in [5.74, 6) is -0.636. The van der Waals surface area contributed by atoms with Crippen LogP contribution in [-0.4, -0.2) is 15.6 Å². The highest BCUT2D eigenvalue weighted by molar-refractivity contribution is 5.66. The molecule has 0 aliphatic rings. The normalized spacial score (nSPS) is 9.50. The Morgan fingerprint density at radius 2 is 2.29 bits per heavy atom. The molecule has 74 valence electrons. The van der Waals surface area contributed by atoms with Crippen LogP contribution >= 0.6 is 0 Å². The first-order valence-corrected chi connectivity index (χ1v) is 3.56. The topological polar surface area (TPSA) is 91.4 Å². The highest BCUT2D eigenvalue weighted by Gasteiger charge is 2.12. The summed E-state index contributed by atoms with van der Waals surface area (Å²) >= 11 is 0. The predicted molar refractivity (Wildman–Crippen MR) is 44.6 cm³/mol. The van der Waals surface area contributed by atoms with Gasteiger partial charge in [0.05, 0.1) is 4.92 Å². The number of hydrogen-bond acceptors (Lipinski definition) is 5. The highest BCUT2D eigenvalue weighted by atomic mass is 16.7. The second-order valence-electron chi connectivity index (χ2n) is 2.39. The summed E-state index contributed by atoms with van der Waals surface area (Å²) < 4.78 is 0.807. The first-order valence-electron chi connectivity index (χ1n) is 3.56. The molecule has 0 aliphatic heterocycles. The molecule has 0 amide bonds. The quantitative estimate of drug-likeness (QED) is 0.481. The lowest BCUT2D eigenvalue weighted by Gasteiger charge is -2.02. The summed E-state index contributed by atoms with van der Waals surface area (Å²) in [5, 5.41) is 10.3. The standard InChI is InChI=1S/C7H6N2O5/c1-5(10)14-8-3-2-7(11)6(4-8)9(12)13/h2-4H,1H3. The maximum Gasteiger partial charge on any atom is 0.335 e. The van der Waals surface area contributed by atoms with E-state index in [0.717, 1.165) is 30.1 Å². The van der Waals surface area contributed by atoms with Gasteiger partial charge in [-0.05, 0) is 0 Å². The van der Waals surface area contributed by atoms with Gasteiger partial charge in [-0.25, -0.2) is 4.79 Å². The molecule has 0 N–H and O–H groups in total. The van der Waals surface area contributed by atoms with Gasteiger partial charge in [0.15, 0.2) is 0 Å². The van der Waals surface area contributed by atoms with Gasteiger partial charge in [-0.1, -0.05) is 0 Å². The lowest BCUT2D eigenvalue weighted by Crippen LogP contribution is -2.19. The van der Waals surface area contributed by atoms with Crippen LogP contribution in [0.15, 0.2) is 23.3 Å². The Morgan fingerprint density at radius 3 is 2.79 bits per heavy atom. The lowest BCUT2D eigenvalue weighted by molar-refractivity contribution is -0.386. The monoisotopic (exact) mass is 198 g/mol. The van der Waals surface area contributed by atoms with Crippen LogP contribution in [0.2, 0.25) is 0 Å². The fourth-order valence-corrected chi connectivity index (χ4v) is 0.796. The zero-order chi connectivity index (χ0) is 10.7. The summed E-state index contributed by atoms with van der Waals surface area (Å²) in [6.45, 7) is 1.14. The van der Waals surface area contributed by atoms with E-state index in [2.05, 4.69) is 4.84 Å². The maximum absolute atomic E-state index is 10.9. The highest BCUT2D eigenvalue weighted by Crippen LogP contribution is 2.00. The van der Waals surface area contributed by atoms with E-state index in [1.54, 1.807) is 0 Å². The van der Waals surface area contributed by atoms with E-state index >= 15 is 0 Å². The molecule has 0 atom stereocenters. The number of aromatic nitrogens is 1. The van der Waals surface area contributed by atoms with Crippen molar-refractivity contribution >= 4 is 11.7 Å². The van der Waals surface area contributed by atoms with Crippen LogP contribution in [-0.2, 0) is 4.79 Å². The van der Waals surface area contributed by atoms with E-state index in [9.17, 15) is 19.7 Å². The fourth-order valence-electron chi connectivity index (χ4n) is 0.796. The van der Waals surface area contributed by atoms with Crippen molar-refractivity contribution in [2.24, 2.45) is 0 Å². The predicted octanol–water partition coefficient (Wildman–Crippen LogP) is -0.268. The molecule has 0 bridgehead atoms. The van der Waals surface area contributed by atoms with Crippen LogP contribution in [0.4, 0.5) is 5.69 Å². The molecule has 1 aromatic heterocycles. The molecule has 0 fully saturated rings. The molecule has 0 saturated carbocycles.